The molecule has 2 heteroatoms. The van der Waals surface area contributed by atoms with E-state index in [0.717, 1.165) is 19.4 Å². The van der Waals surface area contributed by atoms with Crippen molar-refractivity contribution in [1.29, 1.82) is 0 Å². The zero-order valence-corrected chi connectivity index (χ0v) is 8.81. The van der Waals surface area contributed by atoms with Crippen molar-refractivity contribution < 1.29 is 4.79 Å². The van der Waals surface area contributed by atoms with Gasteiger partial charge in [0.1, 0.15) is 5.78 Å². The maximum Gasteiger partial charge on any atom is 0.134 e. The average molecular weight is 183 g/mol. The van der Waals surface area contributed by atoms with Gasteiger partial charge in [0, 0.05) is 18.9 Å². The second-order valence-corrected chi connectivity index (χ2v) is 4.49. The Morgan fingerprint density at radius 3 is 2.77 bits per heavy atom. The summed E-state index contributed by atoms with van der Waals surface area (Å²) in [6.07, 6.45) is 5.24. The van der Waals surface area contributed by atoms with Gasteiger partial charge in [-0.3, -0.25) is 4.79 Å². The van der Waals surface area contributed by atoms with E-state index in [-0.39, 0.29) is 0 Å². The molecule has 1 saturated heterocycles. The molecule has 0 aromatic heterocycles. The molecule has 13 heavy (non-hydrogen) atoms. The lowest BCUT2D eigenvalue weighted by molar-refractivity contribution is -0.120. The molecule has 0 spiro atoms. The Hall–Kier alpha value is -0.370. The number of hydrogen-bond acceptors (Lipinski definition) is 2. The number of nitrogens with one attached hydrogen (secondary N) is 1. The summed E-state index contributed by atoms with van der Waals surface area (Å²) >= 11 is 0. The molecule has 0 aliphatic carbocycles. The number of ketones is 1. The third-order valence-electron chi connectivity index (χ3n) is 2.52. The molecule has 1 rings (SSSR count). The SMILES string of the molecule is CC(C)CC(=O)CC1CCCCN1. The van der Waals surface area contributed by atoms with Crippen LogP contribution in [-0.4, -0.2) is 18.4 Å². The smallest absolute Gasteiger partial charge is 0.134 e. The summed E-state index contributed by atoms with van der Waals surface area (Å²) in [5, 5.41) is 3.40. The molecule has 1 fully saturated rings. The van der Waals surface area contributed by atoms with Crippen LogP contribution in [0, 0.1) is 5.92 Å². The quantitative estimate of drug-likeness (QED) is 0.723. The van der Waals surface area contributed by atoms with Gasteiger partial charge in [0.2, 0.25) is 0 Å². The van der Waals surface area contributed by atoms with Crippen molar-refractivity contribution in [1.82, 2.24) is 5.32 Å². The van der Waals surface area contributed by atoms with E-state index in [1.54, 1.807) is 0 Å². The third-order valence-corrected chi connectivity index (χ3v) is 2.52. The fourth-order valence-corrected chi connectivity index (χ4v) is 1.91. The summed E-state index contributed by atoms with van der Waals surface area (Å²) in [6.45, 7) is 5.30. The van der Waals surface area contributed by atoms with Crippen molar-refractivity contribution in [3.8, 4) is 0 Å². The van der Waals surface area contributed by atoms with Gasteiger partial charge in [-0.25, -0.2) is 0 Å². The number of Topliss-reactive ketones (excluding diaryl/α,β-unsaturated/α-hetero) is 1. The average Bonchev–Trinajstić information content (AvgIpc) is 2.04. The van der Waals surface area contributed by atoms with E-state index < -0.39 is 0 Å². The van der Waals surface area contributed by atoms with E-state index in [9.17, 15) is 4.79 Å². The molecule has 0 saturated carbocycles. The lowest BCUT2D eigenvalue weighted by Crippen LogP contribution is -2.35. The van der Waals surface area contributed by atoms with Crippen molar-refractivity contribution in [3.05, 3.63) is 0 Å². The summed E-state index contributed by atoms with van der Waals surface area (Å²) in [4.78, 5) is 11.5. The predicted molar refractivity (Wildman–Crippen MR) is 54.7 cm³/mol. The van der Waals surface area contributed by atoms with Gasteiger partial charge >= 0.3 is 0 Å². The normalized spacial score (nSPS) is 23.5. The van der Waals surface area contributed by atoms with Gasteiger partial charge in [-0.1, -0.05) is 20.3 Å². The molecule has 0 aromatic rings. The second kappa shape index (κ2) is 5.38. The Kier molecular flexibility index (Phi) is 4.43. The van der Waals surface area contributed by atoms with Crippen LogP contribution in [0.4, 0.5) is 0 Å². The fourth-order valence-electron chi connectivity index (χ4n) is 1.91. The molecule has 2 nitrogen and oxygen atoms in total. The molecule has 0 aromatic carbocycles. The molecular formula is C11H21NO. The highest BCUT2D eigenvalue weighted by Gasteiger charge is 2.16. The van der Waals surface area contributed by atoms with Crippen LogP contribution in [0.1, 0.15) is 46.0 Å². The Balaban J connectivity index is 2.18. The molecule has 76 valence electrons. The first kappa shape index (κ1) is 10.7. The Morgan fingerprint density at radius 2 is 2.23 bits per heavy atom. The first-order valence-corrected chi connectivity index (χ1v) is 5.43. The number of carbonyl (C=O) groups is 1. The minimum absolute atomic E-state index is 0.425. The Morgan fingerprint density at radius 1 is 1.46 bits per heavy atom. The lowest BCUT2D eigenvalue weighted by Gasteiger charge is -2.22. The van der Waals surface area contributed by atoms with Crippen LogP contribution in [0.2, 0.25) is 0 Å². The van der Waals surface area contributed by atoms with E-state index in [4.69, 9.17) is 0 Å². The number of piperidine rings is 1. The second-order valence-electron chi connectivity index (χ2n) is 4.49. The van der Waals surface area contributed by atoms with Crippen LogP contribution in [0.3, 0.4) is 0 Å². The summed E-state index contributed by atoms with van der Waals surface area (Å²) in [5.74, 6) is 0.936. The van der Waals surface area contributed by atoms with E-state index in [1.807, 2.05) is 0 Å². The fraction of sp³-hybridized carbons (Fsp3) is 0.909. The van der Waals surface area contributed by atoms with E-state index in [2.05, 4.69) is 19.2 Å². The Labute approximate surface area is 81.1 Å². The maximum atomic E-state index is 11.5. The Bertz CT molecular complexity index is 159. The zero-order chi connectivity index (χ0) is 9.68. The predicted octanol–water partition coefficient (Wildman–Crippen LogP) is 2.13. The van der Waals surface area contributed by atoms with E-state index in [1.165, 1.54) is 19.3 Å². The standard InChI is InChI=1S/C11H21NO/c1-9(2)7-11(13)8-10-5-3-4-6-12-10/h9-10,12H,3-8H2,1-2H3. The minimum Gasteiger partial charge on any atom is -0.314 e. The minimum atomic E-state index is 0.425. The molecule has 1 atom stereocenters. The largest absolute Gasteiger partial charge is 0.314 e. The molecule has 1 heterocycles. The number of hydrogen-bond donors (Lipinski definition) is 1. The van der Waals surface area contributed by atoms with Crippen molar-refractivity contribution in [3.63, 3.8) is 0 Å². The molecule has 1 unspecified atom stereocenters. The maximum absolute atomic E-state index is 11.5. The number of carbonyl (C=O) groups excluding carboxylic acids is 1. The van der Waals surface area contributed by atoms with Crippen LogP contribution in [0.15, 0.2) is 0 Å². The molecule has 1 aliphatic rings. The van der Waals surface area contributed by atoms with Crippen molar-refractivity contribution in [2.45, 2.75) is 52.0 Å². The molecule has 0 bridgehead atoms. The highest BCUT2D eigenvalue weighted by Crippen LogP contribution is 2.12. The molecule has 0 radical (unpaired) electrons. The summed E-state index contributed by atoms with van der Waals surface area (Å²) in [6, 6.07) is 0.472. The highest BCUT2D eigenvalue weighted by atomic mass is 16.1. The molecule has 0 amide bonds. The summed E-state index contributed by atoms with van der Waals surface area (Å²) < 4.78 is 0. The van der Waals surface area contributed by atoms with Gasteiger partial charge < -0.3 is 5.32 Å². The van der Waals surface area contributed by atoms with Crippen LogP contribution < -0.4 is 5.32 Å². The van der Waals surface area contributed by atoms with Crippen molar-refractivity contribution in [2.24, 2.45) is 5.92 Å². The van der Waals surface area contributed by atoms with Crippen molar-refractivity contribution in [2.75, 3.05) is 6.54 Å². The third kappa shape index (κ3) is 4.41. The van der Waals surface area contributed by atoms with Gasteiger partial charge in [-0.2, -0.15) is 0 Å². The zero-order valence-electron chi connectivity index (χ0n) is 8.81. The van der Waals surface area contributed by atoms with Crippen LogP contribution in [0.5, 0.6) is 0 Å². The van der Waals surface area contributed by atoms with Gasteiger partial charge in [0.05, 0.1) is 0 Å². The molecule has 1 aliphatic heterocycles. The van der Waals surface area contributed by atoms with E-state index >= 15 is 0 Å². The molecular weight excluding hydrogens is 162 g/mol. The first-order valence-electron chi connectivity index (χ1n) is 5.43. The number of rotatable bonds is 4. The van der Waals surface area contributed by atoms with Crippen molar-refractivity contribution >= 4 is 5.78 Å². The van der Waals surface area contributed by atoms with E-state index in [0.29, 0.717) is 17.7 Å². The van der Waals surface area contributed by atoms with Gasteiger partial charge in [-0.05, 0) is 25.3 Å². The molecule has 1 N–H and O–H groups in total. The van der Waals surface area contributed by atoms with Gasteiger partial charge in [-0.15, -0.1) is 0 Å². The van der Waals surface area contributed by atoms with Crippen LogP contribution in [0.25, 0.3) is 0 Å². The first-order chi connectivity index (χ1) is 6.18. The summed E-state index contributed by atoms with van der Waals surface area (Å²) in [7, 11) is 0. The topological polar surface area (TPSA) is 29.1 Å². The van der Waals surface area contributed by atoms with Gasteiger partial charge in [0.15, 0.2) is 0 Å². The van der Waals surface area contributed by atoms with Gasteiger partial charge in [0.25, 0.3) is 0 Å². The monoisotopic (exact) mass is 183 g/mol. The summed E-state index contributed by atoms with van der Waals surface area (Å²) in [5.41, 5.74) is 0. The van der Waals surface area contributed by atoms with Crippen LogP contribution in [-0.2, 0) is 4.79 Å². The van der Waals surface area contributed by atoms with Crippen LogP contribution >= 0.6 is 0 Å². The lowest BCUT2D eigenvalue weighted by atomic mass is 9.96. The highest BCUT2D eigenvalue weighted by molar-refractivity contribution is 5.79.